The standard InChI is InChI=1S/C21H21ClFN2O3/c1-27-21(26)25(18-7-5-16(23)6-8-18)19-9-4-15(22)11-14(19)12-20(25)28-13-17-3-2-10-24-17/h4-9,11-12,17,24H,2-3,10,13H2,1H3/q+1. The number of rotatable bonds is 4. The van der Waals surface area contributed by atoms with Gasteiger partial charge in [0.25, 0.3) is 0 Å². The van der Waals surface area contributed by atoms with Gasteiger partial charge in [0.05, 0.1) is 13.2 Å². The third-order valence-electron chi connectivity index (χ3n) is 5.22. The van der Waals surface area contributed by atoms with E-state index in [1.54, 1.807) is 36.4 Å². The molecule has 2 aromatic rings. The van der Waals surface area contributed by atoms with Gasteiger partial charge in [-0.2, -0.15) is 4.79 Å². The summed E-state index contributed by atoms with van der Waals surface area (Å²) in [6, 6.07) is 11.3. The van der Waals surface area contributed by atoms with Gasteiger partial charge in [0.1, 0.15) is 12.4 Å². The monoisotopic (exact) mass is 403 g/mol. The van der Waals surface area contributed by atoms with Crippen molar-refractivity contribution in [3.05, 3.63) is 64.8 Å². The molecule has 7 heteroatoms. The molecule has 1 fully saturated rings. The highest BCUT2D eigenvalue weighted by atomic mass is 35.5. The lowest BCUT2D eigenvalue weighted by atomic mass is 10.1. The number of amides is 1. The Kier molecular flexibility index (Phi) is 5.10. The molecular weight excluding hydrogens is 383 g/mol. The van der Waals surface area contributed by atoms with Crippen LogP contribution in [-0.4, -0.2) is 32.4 Å². The second kappa shape index (κ2) is 7.54. The van der Waals surface area contributed by atoms with E-state index in [-0.39, 0.29) is 11.9 Å². The Morgan fingerprint density at radius 1 is 1.29 bits per heavy atom. The molecular formula is C21H21ClFN2O3+. The van der Waals surface area contributed by atoms with Crippen LogP contribution in [0.5, 0.6) is 0 Å². The summed E-state index contributed by atoms with van der Waals surface area (Å²) in [6.45, 7) is 1.38. The molecule has 0 radical (unpaired) electrons. The maximum Gasteiger partial charge on any atom is 0.534 e. The molecule has 2 aromatic carbocycles. The largest absolute Gasteiger partial charge is 0.534 e. The van der Waals surface area contributed by atoms with Gasteiger partial charge in [-0.25, -0.2) is 4.39 Å². The Hall–Kier alpha value is -2.41. The molecule has 1 N–H and O–H groups in total. The number of methoxy groups -OCH3 is 1. The molecule has 0 aliphatic carbocycles. The van der Waals surface area contributed by atoms with E-state index >= 15 is 0 Å². The quantitative estimate of drug-likeness (QED) is 0.732. The Morgan fingerprint density at radius 3 is 2.75 bits per heavy atom. The van der Waals surface area contributed by atoms with Crippen molar-refractivity contribution in [1.29, 1.82) is 0 Å². The van der Waals surface area contributed by atoms with Crippen LogP contribution in [0, 0.1) is 5.82 Å². The molecule has 5 nitrogen and oxygen atoms in total. The van der Waals surface area contributed by atoms with E-state index in [0.717, 1.165) is 24.9 Å². The molecule has 28 heavy (non-hydrogen) atoms. The van der Waals surface area contributed by atoms with Gasteiger partial charge >= 0.3 is 12.0 Å². The number of quaternary nitrogens is 1. The van der Waals surface area contributed by atoms with Gasteiger partial charge in [-0.3, -0.25) is 0 Å². The Bertz CT molecular complexity index is 926. The normalized spacial score (nSPS) is 23.2. The smallest absolute Gasteiger partial charge is 0.449 e. The number of fused-ring (bicyclic) bond motifs is 1. The Balaban J connectivity index is 1.84. The fraction of sp³-hybridized carbons (Fsp3) is 0.286. The maximum atomic E-state index is 13.6. The van der Waals surface area contributed by atoms with Crippen LogP contribution in [0.15, 0.2) is 48.3 Å². The minimum absolute atomic E-state index is 0.223. The van der Waals surface area contributed by atoms with Crippen LogP contribution in [0.3, 0.4) is 0 Å². The summed E-state index contributed by atoms with van der Waals surface area (Å²) in [5.74, 6) is 0.0216. The van der Waals surface area contributed by atoms with Crippen LogP contribution in [0.1, 0.15) is 18.4 Å². The molecule has 0 saturated carbocycles. The molecule has 2 aliphatic rings. The molecule has 2 aliphatic heterocycles. The van der Waals surface area contributed by atoms with E-state index in [1.807, 2.05) is 0 Å². The van der Waals surface area contributed by atoms with Gasteiger partial charge in [0.2, 0.25) is 0 Å². The first-order chi connectivity index (χ1) is 13.6. The highest BCUT2D eigenvalue weighted by molar-refractivity contribution is 6.31. The van der Waals surface area contributed by atoms with Crippen molar-refractivity contribution >= 4 is 35.1 Å². The van der Waals surface area contributed by atoms with Crippen LogP contribution in [-0.2, 0) is 9.47 Å². The van der Waals surface area contributed by atoms with Gasteiger partial charge < -0.3 is 14.8 Å². The van der Waals surface area contributed by atoms with Crippen LogP contribution in [0.4, 0.5) is 20.6 Å². The van der Waals surface area contributed by atoms with Crippen LogP contribution in [0.2, 0.25) is 5.02 Å². The average molecular weight is 404 g/mol. The van der Waals surface area contributed by atoms with E-state index in [4.69, 9.17) is 21.1 Å². The molecule has 1 saturated heterocycles. The van der Waals surface area contributed by atoms with Gasteiger partial charge in [-0.05, 0) is 43.7 Å². The van der Waals surface area contributed by atoms with Crippen molar-refractivity contribution in [1.82, 2.24) is 9.80 Å². The fourth-order valence-corrected chi connectivity index (χ4v) is 4.06. The van der Waals surface area contributed by atoms with Crippen LogP contribution >= 0.6 is 11.6 Å². The number of hydrogen-bond acceptors (Lipinski definition) is 4. The SMILES string of the molecule is COC(=O)[N+]1(c2ccc(F)cc2)C(OCC2CCCN2)=Cc2cc(Cl)ccc21. The zero-order chi connectivity index (χ0) is 19.7. The van der Waals surface area contributed by atoms with Gasteiger partial charge in [-0.1, -0.05) is 16.1 Å². The average Bonchev–Trinajstić information content (AvgIpc) is 3.32. The van der Waals surface area contributed by atoms with Crippen molar-refractivity contribution in [3.8, 4) is 0 Å². The van der Waals surface area contributed by atoms with E-state index < -0.39 is 10.6 Å². The van der Waals surface area contributed by atoms with Crippen molar-refractivity contribution in [3.63, 3.8) is 0 Å². The highest BCUT2D eigenvalue weighted by Gasteiger charge is 2.54. The van der Waals surface area contributed by atoms with Crippen LogP contribution < -0.4 is 9.80 Å². The van der Waals surface area contributed by atoms with E-state index in [2.05, 4.69) is 5.32 Å². The second-order valence-corrected chi connectivity index (χ2v) is 7.34. The minimum atomic E-state index is -0.543. The summed E-state index contributed by atoms with van der Waals surface area (Å²) in [5, 5.41) is 3.93. The number of ether oxygens (including phenoxy) is 2. The lowest BCUT2D eigenvalue weighted by Gasteiger charge is -2.31. The summed E-state index contributed by atoms with van der Waals surface area (Å²) in [4.78, 5) is 13.2. The topological polar surface area (TPSA) is 47.6 Å². The zero-order valence-corrected chi connectivity index (χ0v) is 16.2. The third-order valence-corrected chi connectivity index (χ3v) is 5.45. The predicted octanol–water partition coefficient (Wildman–Crippen LogP) is 4.97. The molecule has 4 rings (SSSR count). The molecule has 0 bridgehead atoms. The predicted molar refractivity (Wildman–Crippen MR) is 107 cm³/mol. The van der Waals surface area contributed by atoms with E-state index in [9.17, 15) is 9.18 Å². The first-order valence-electron chi connectivity index (χ1n) is 9.18. The number of nitrogens with zero attached hydrogens (tertiary/aromatic N) is 1. The van der Waals surface area contributed by atoms with E-state index in [1.165, 1.54) is 19.2 Å². The van der Waals surface area contributed by atoms with Crippen LogP contribution in [0.25, 0.3) is 6.08 Å². The first-order valence-corrected chi connectivity index (χ1v) is 9.56. The molecule has 2 heterocycles. The number of nitrogens with one attached hydrogen (secondary N) is 1. The lowest BCUT2D eigenvalue weighted by Crippen LogP contribution is -2.48. The fourth-order valence-electron chi connectivity index (χ4n) is 3.88. The number of halogens is 2. The first kappa shape index (κ1) is 18.9. The minimum Gasteiger partial charge on any atom is -0.449 e. The summed E-state index contributed by atoms with van der Waals surface area (Å²) in [6.07, 6.45) is 3.37. The molecule has 1 amide bonds. The second-order valence-electron chi connectivity index (χ2n) is 6.91. The lowest BCUT2D eigenvalue weighted by molar-refractivity contribution is 0.105. The molecule has 2 atom stereocenters. The summed E-state index contributed by atoms with van der Waals surface area (Å²) >= 11 is 6.17. The van der Waals surface area contributed by atoms with Gasteiger partial charge in [-0.15, -0.1) is 0 Å². The number of carbonyl (C=O) groups is 1. The molecule has 0 aromatic heterocycles. The zero-order valence-electron chi connectivity index (χ0n) is 15.5. The molecule has 2 unspecified atom stereocenters. The van der Waals surface area contributed by atoms with Crippen molar-refractivity contribution in [2.24, 2.45) is 0 Å². The molecule has 0 spiro atoms. The summed E-state index contributed by atoms with van der Waals surface area (Å²) < 4.78 is 24.5. The third kappa shape index (κ3) is 3.07. The Labute approximate surface area is 167 Å². The van der Waals surface area contributed by atoms with Gasteiger partial charge in [0, 0.05) is 34.8 Å². The van der Waals surface area contributed by atoms with Crippen molar-refractivity contribution in [2.75, 3.05) is 20.3 Å². The maximum absolute atomic E-state index is 13.6. The highest BCUT2D eigenvalue weighted by Crippen LogP contribution is 2.49. The number of hydrogen-bond donors (Lipinski definition) is 1. The van der Waals surface area contributed by atoms with Gasteiger partial charge in [0.15, 0.2) is 11.4 Å². The summed E-state index contributed by atoms with van der Waals surface area (Å²) in [7, 11) is 1.33. The van der Waals surface area contributed by atoms with Crippen molar-refractivity contribution in [2.45, 2.75) is 18.9 Å². The number of benzene rings is 2. The van der Waals surface area contributed by atoms with Crippen molar-refractivity contribution < 1.29 is 18.7 Å². The Morgan fingerprint density at radius 2 is 2.07 bits per heavy atom. The van der Waals surface area contributed by atoms with E-state index in [0.29, 0.717) is 28.9 Å². The number of carbonyl (C=O) groups excluding carboxylic acids is 1. The molecule has 146 valence electrons. The summed E-state index contributed by atoms with van der Waals surface area (Å²) in [5.41, 5.74) is 1.94.